The van der Waals surface area contributed by atoms with Crippen LogP contribution in [0.4, 0.5) is 23.4 Å². The number of alkyl halides is 3. The number of nitriles is 1. The Balaban J connectivity index is 1.60. The summed E-state index contributed by atoms with van der Waals surface area (Å²) in [6, 6.07) is 8.59. The number of hydrogen-bond donors (Lipinski definition) is 1. The summed E-state index contributed by atoms with van der Waals surface area (Å²) in [4.78, 5) is 13.1. The number of hydrogen-bond acceptors (Lipinski definition) is 8. The number of ether oxygens (including phenoxy) is 2. The molecule has 2 aliphatic heterocycles. The Kier molecular flexibility index (Phi) is 8.16. The van der Waals surface area contributed by atoms with Gasteiger partial charge in [-0.1, -0.05) is 17.7 Å². The fraction of sp³-hybridized carbons (Fsp3) is 0.444. The number of rotatable bonds is 7. The zero-order valence-electron chi connectivity index (χ0n) is 21.6. The van der Waals surface area contributed by atoms with E-state index in [1.807, 2.05) is 11.9 Å². The highest BCUT2D eigenvalue weighted by molar-refractivity contribution is 6.31. The summed E-state index contributed by atoms with van der Waals surface area (Å²) >= 11 is 6.07. The van der Waals surface area contributed by atoms with Gasteiger partial charge in [0, 0.05) is 53.3 Å². The molecule has 0 bridgehead atoms. The van der Waals surface area contributed by atoms with E-state index in [-0.39, 0.29) is 46.2 Å². The van der Waals surface area contributed by atoms with E-state index in [1.54, 1.807) is 6.07 Å². The molecule has 0 unspecified atom stereocenters. The van der Waals surface area contributed by atoms with Crippen molar-refractivity contribution in [1.29, 1.82) is 5.26 Å². The number of aromatic nitrogens is 2. The Morgan fingerprint density at radius 3 is 2.73 bits per heavy atom. The van der Waals surface area contributed by atoms with Gasteiger partial charge in [-0.05, 0) is 50.7 Å². The largest absolute Gasteiger partial charge is 0.573 e. The molecule has 212 valence electrons. The Morgan fingerprint density at radius 2 is 2.00 bits per heavy atom. The molecule has 5 rings (SSSR count). The van der Waals surface area contributed by atoms with Crippen LogP contribution in [-0.4, -0.2) is 73.1 Å². The third-order valence-electron chi connectivity index (χ3n) is 7.19. The Morgan fingerprint density at radius 1 is 1.18 bits per heavy atom. The van der Waals surface area contributed by atoms with Crippen LogP contribution in [0.25, 0.3) is 22.0 Å². The molecule has 1 aromatic heterocycles. The highest BCUT2D eigenvalue weighted by Gasteiger charge is 2.33. The van der Waals surface area contributed by atoms with Crippen molar-refractivity contribution >= 4 is 28.3 Å². The Hall–Kier alpha value is -3.40. The van der Waals surface area contributed by atoms with Gasteiger partial charge in [0.1, 0.15) is 23.7 Å². The first-order valence-corrected chi connectivity index (χ1v) is 13.2. The van der Waals surface area contributed by atoms with Crippen molar-refractivity contribution in [3.05, 3.63) is 41.2 Å². The molecule has 3 aromatic rings. The normalized spacial score (nSPS) is 20.1. The van der Waals surface area contributed by atoms with Gasteiger partial charge in [0.15, 0.2) is 5.82 Å². The molecular formula is C27H27ClF4N6O2. The van der Waals surface area contributed by atoms with E-state index in [4.69, 9.17) is 16.3 Å². The smallest absolute Gasteiger partial charge is 0.462 e. The van der Waals surface area contributed by atoms with Gasteiger partial charge in [0.05, 0.1) is 12.5 Å². The summed E-state index contributed by atoms with van der Waals surface area (Å²) in [7, 11) is 2.00. The molecule has 0 saturated carbocycles. The van der Waals surface area contributed by atoms with Gasteiger partial charge in [-0.25, -0.2) is 4.39 Å². The van der Waals surface area contributed by atoms with E-state index < -0.39 is 17.9 Å². The first-order valence-electron chi connectivity index (χ1n) is 12.9. The maximum Gasteiger partial charge on any atom is 0.573 e. The monoisotopic (exact) mass is 578 g/mol. The Bertz CT molecular complexity index is 1430. The van der Waals surface area contributed by atoms with Gasteiger partial charge >= 0.3 is 12.4 Å². The second kappa shape index (κ2) is 11.6. The van der Waals surface area contributed by atoms with E-state index in [2.05, 4.69) is 31.0 Å². The summed E-state index contributed by atoms with van der Waals surface area (Å²) in [5.41, 5.74) is -0.440. The molecule has 0 amide bonds. The number of nitrogens with one attached hydrogen (secondary N) is 1. The van der Waals surface area contributed by atoms with E-state index >= 15 is 4.39 Å². The molecule has 8 nitrogen and oxygen atoms in total. The van der Waals surface area contributed by atoms with Crippen LogP contribution < -0.4 is 19.7 Å². The van der Waals surface area contributed by atoms with Crippen molar-refractivity contribution in [2.24, 2.45) is 0 Å². The van der Waals surface area contributed by atoms with Crippen molar-refractivity contribution in [2.45, 2.75) is 37.7 Å². The van der Waals surface area contributed by atoms with Crippen molar-refractivity contribution in [1.82, 2.24) is 20.2 Å². The third kappa shape index (κ3) is 6.16. The van der Waals surface area contributed by atoms with Crippen LogP contribution in [0.5, 0.6) is 11.8 Å². The van der Waals surface area contributed by atoms with Crippen molar-refractivity contribution in [2.75, 3.05) is 44.7 Å². The maximum absolute atomic E-state index is 16.2. The van der Waals surface area contributed by atoms with Gasteiger partial charge in [-0.15, -0.1) is 13.2 Å². The molecule has 2 saturated heterocycles. The average Bonchev–Trinajstić information content (AvgIpc) is 3.33. The quantitative estimate of drug-likeness (QED) is 0.385. The number of likely N-dealkylation sites (N-methyl/N-ethyl adjacent to an activating group) is 1. The SMILES string of the molecule is CN1CCC[C@H]1COc1nc(N2CCN[C@@H](CC#N)C2)c2ccc(-c3cc(Cl)ccc3OC(F)(F)F)c(F)c2n1. The summed E-state index contributed by atoms with van der Waals surface area (Å²) < 4.78 is 65.7. The topological polar surface area (TPSA) is 86.5 Å². The van der Waals surface area contributed by atoms with Crippen LogP contribution in [0.15, 0.2) is 30.3 Å². The number of nitrogens with zero attached hydrogens (tertiary/aromatic N) is 5. The van der Waals surface area contributed by atoms with Crippen LogP contribution in [-0.2, 0) is 0 Å². The molecule has 0 aliphatic carbocycles. The van der Waals surface area contributed by atoms with Gasteiger partial charge < -0.3 is 24.6 Å². The second-order valence-electron chi connectivity index (χ2n) is 9.89. The van der Waals surface area contributed by atoms with Crippen LogP contribution in [0.1, 0.15) is 19.3 Å². The number of piperazine rings is 1. The van der Waals surface area contributed by atoms with Gasteiger partial charge in [-0.2, -0.15) is 15.2 Å². The number of likely N-dealkylation sites (tertiary alicyclic amines) is 1. The van der Waals surface area contributed by atoms with Gasteiger partial charge in [-0.3, -0.25) is 0 Å². The minimum atomic E-state index is -4.98. The molecule has 1 N–H and O–H groups in total. The van der Waals surface area contributed by atoms with Crippen molar-refractivity contribution in [3.8, 4) is 29.0 Å². The minimum Gasteiger partial charge on any atom is -0.462 e. The van der Waals surface area contributed by atoms with Crippen LogP contribution in [0.3, 0.4) is 0 Å². The van der Waals surface area contributed by atoms with Gasteiger partial charge in [0.2, 0.25) is 0 Å². The summed E-state index contributed by atoms with van der Waals surface area (Å²) in [6.45, 7) is 2.83. The second-order valence-corrected chi connectivity index (χ2v) is 10.3. The molecule has 0 spiro atoms. The number of fused-ring (bicyclic) bond motifs is 1. The lowest BCUT2D eigenvalue weighted by Crippen LogP contribution is -2.51. The van der Waals surface area contributed by atoms with Crippen LogP contribution in [0.2, 0.25) is 5.02 Å². The summed E-state index contributed by atoms with van der Waals surface area (Å²) in [6.07, 6.45) is -2.72. The molecule has 2 fully saturated rings. The standard InChI is InChI=1S/C27H27ClF4N6O2/c1-37-11-2-3-18(37)15-39-26-35-24-20(25(36-26)38-12-10-34-17(14-38)8-9-33)6-5-19(23(24)29)21-13-16(28)4-7-22(21)40-27(30,31)32/h4-7,13,17-18,34H,2-3,8,10-12,14-15H2,1H3/t17-,18-/m0/s1. The molecule has 2 aromatic carbocycles. The molecule has 3 heterocycles. The molecule has 13 heteroatoms. The van der Waals surface area contributed by atoms with E-state index in [9.17, 15) is 18.4 Å². The van der Waals surface area contributed by atoms with E-state index in [0.29, 0.717) is 37.4 Å². The van der Waals surface area contributed by atoms with E-state index in [1.165, 1.54) is 18.2 Å². The highest BCUT2D eigenvalue weighted by atomic mass is 35.5. The lowest BCUT2D eigenvalue weighted by Gasteiger charge is -2.34. The summed E-state index contributed by atoms with van der Waals surface area (Å²) in [5, 5.41) is 12.9. The zero-order chi connectivity index (χ0) is 28.4. The fourth-order valence-electron chi connectivity index (χ4n) is 5.19. The molecule has 2 aliphatic rings. The van der Waals surface area contributed by atoms with Crippen molar-refractivity contribution in [3.63, 3.8) is 0 Å². The number of halogens is 5. The maximum atomic E-state index is 16.2. The zero-order valence-corrected chi connectivity index (χ0v) is 22.4. The minimum absolute atomic E-state index is 0.0351. The first-order chi connectivity index (χ1) is 19.1. The third-order valence-corrected chi connectivity index (χ3v) is 7.43. The van der Waals surface area contributed by atoms with Crippen LogP contribution in [0, 0.1) is 17.1 Å². The average molecular weight is 579 g/mol. The Labute approximate surface area is 233 Å². The molecule has 2 atom stereocenters. The van der Waals surface area contributed by atoms with Crippen LogP contribution >= 0.6 is 11.6 Å². The fourth-order valence-corrected chi connectivity index (χ4v) is 5.36. The lowest BCUT2D eigenvalue weighted by molar-refractivity contribution is -0.274. The first kappa shape index (κ1) is 28.1. The lowest BCUT2D eigenvalue weighted by atomic mass is 10.0. The predicted octanol–water partition coefficient (Wildman–Crippen LogP) is 5.15. The van der Waals surface area contributed by atoms with Gasteiger partial charge in [0.25, 0.3) is 0 Å². The number of benzene rings is 2. The number of anilines is 1. The summed E-state index contributed by atoms with van der Waals surface area (Å²) in [5.74, 6) is -1.03. The van der Waals surface area contributed by atoms with E-state index in [0.717, 1.165) is 25.5 Å². The van der Waals surface area contributed by atoms with Crippen molar-refractivity contribution < 1.29 is 27.0 Å². The molecule has 40 heavy (non-hydrogen) atoms. The highest BCUT2D eigenvalue weighted by Crippen LogP contribution is 2.40. The molecular weight excluding hydrogens is 552 g/mol. The predicted molar refractivity (Wildman–Crippen MR) is 142 cm³/mol. The molecule has 0 radical (unpaired) electrons.